The average molecular weight is 204 g/mol. The maximum absolute atomic E-state index is 3.60. The first-order valence-electron chi connectivity index (χ1n) is 5.61. The Morgan fingerprint density at radius 1 is 1.27 bits per heavy atom. The molecule has 1 aliphatic heterocycles. The third kappa shape index (κ3) is 2.06. The van der Waals surface area contributed by atoms with Gasteiger partial charge in [-0.2, -0.15) is 0 Å². The van der Waals surface area contributed by atoms with E-state index in [9.17, 15) is 0 Å². The van der Waals surface area contributed by atoms with Crippen LogP contribution in [-0.4, -0.2) is 30.6 Å². The van der Waals surface area contributed by atoms with Crippen LogP contribution in [0.25, 0.3) is 0 Å². The Hall–Kier alpha value is -0.860. The van der Waals surface area contributed by atoms with Crippen molar-refractivity contribution in [2.75, 3.05) is 20.1 Å². The SMILES string of the molecule is CN1CCNC(C)(C)C1c1ccccc1. The van der Waals surface area contributed by atoms with Crippen LogP contribution in [0.3, 0.4) is 0 Å². The molecule has 1 unspecified atom stereocenters. The second-order valence-corrected chi connectivity index (χ2v) is 4.94. The maximum atomic E-state index is 3.60. The minimum Gasteiger partial charge on any atom is -0.309 e. The van der Waals surface area contributed by atoms with Gasteiger partial charge in [0.2, 0.25) is 0 Å². The Morgan fingerprint density at radius 3 is 2.53 bits per heavy atom. The maximum Gasteiger partial charge on any atom is 0.0522 e. The van der Waals surface area contributed by atoms with Crippen molar-refractivity contribution in [2.45, 2.75) is 25.4 Å². The van der Waals surface area contributed by atoms with E-state index in [1.165, 1.54) is 5.56 Å². The molecule has 1 atom stereocenters. The molecule has 0 bridgehead atoms. The van der Waals surface area contributed by atoms with Crippen molar-refractivity contribution in [1.82, 2.24) is 10.2 Å². The highest BCUT2D eigenvalue weighted by Gasteiger charge is 2.36. The monoisotopic (exact) mass is 204 g/mol. The molecule has 0 radical (unpaired) electrons. The summed E-state index contributed by atoms with van der Waals surface area (Å²) in [7, 11) is 2.21. The first-order chi connectivity index (χ1) is 7.11. The summed E-state index contributed by atoms with van der Waals surface area (Å²) >= 11 is 0. The highest BCUT2D eigenvalue weighted by atomic mass is 15.2. The number of rotatable bonds is 1. The second-order valence-electron chi connectivity index (χ2n) is 4.94. The molecule has 1 saturated heterocycles. The Labute approximate surface area is 92.3 Å². The Kier molecular flexibility index (Phi) is 2.81. The van der Waals surface area contributed by atoms with Crippen molar-refractivity contribution in [3.05, 3.63) is 35.9 Å². The van der Waals surface area contributed by atoms with Crippen LogP contribution >= 0.6 is 0 Å². The molecule has 15 heavy (non-hydrogen) atoms. The zero-order valence-corrected chi connectivity index (χ0v) is 9.83. The van der Waals surface area contributed by atoms with Gasteiger partial charge in [-0.25, -0.2) is 0 Å². The minimum absolute atomic E-state index is 0.147. The van der Waals surface area contributed by atoms with Gasteiger partial charge in [0.1, 0.15) is 0 Å². The van der Waals surface area contributed by atoms with E-state index in [0.717, 1.165) is 13.1 Å². The largest absolute Gasteiger partial charge is 0.309 e. The number of benzene rings is 1. The summed E-state index contributed by atoms with van der Waals surface area (Å²) in [5.74, 6) is 0. The first kappa shape index (κ1) is 10.7. The van der Waals surface area contributed by atoms with Gasteiger partial charge in [0.05, 0.1) is 6.04 Å². The van der Waals surface area contributed by atoms with Crippen molar-refractivity contribution < 1.29 is 0 Å². The summed E-state index contributed by atoms with van der Waals surface area (Å²) in [5, 5.41) is 3.60. The van der Waals surface area contributed by atoms with Crippen molar-refractivity contribution >= 4 is 0 Å². The fourth-order valence-electron chi connectivity index (χ4n) is 2.64. The van der Waals surface area contributed by atoms with E-state index in [1.54, 1.807) is 0 Å². The van der Waals surface area contributed by atoms with Crippen LogP contribution in [0.5, 0.6) is 0 Å². The van der Waals surface area contributed by atoms with Crippen LogP contribution in [0.1, 0.15) is 25.5 Å². The first-order valence-corrected chi connectivity index (χ1v) is 5.61. The minimum atomic E-state index is 0.147. The second kappa shape index (κ2) is 3.95. The summed E-state index contributed by atoms with van der Waals surface area (Å²) in [6.07, 6.45) is 0. The molecule has 1 N–H and O–H groups in total. The fraction of sp³-hybridized carbons (Fsp3) is 0.538. The van der Waals surface area contributed by atoms with Crippen molar-refractivity contribution in [1.29, 1.82) is 0 Å². The van der Waals surface area contributed by atoms with Crippen LogP contribution in [-0.2, 0) is 0 Å². The molecule has 1 heterocycles. The highest BCUT2D eigenvalue weighted by molar-refractivity contribution is 5.23. The number of hydrogen-bond donors (Lipinski definition) is 1. The van der Waals surface area contributed by atoms with E-state index in [4.69, 9.17) is 0 Å². The van der Waals surface area contributed by atoms with E-state index in [2.05, 4.69) is 61.4 Å². The number of hydrogen-bond acceptors (Lipinski definition) is 2. The molecule has 1 aromatic rings. The lowest BCUT2D eigenvalue weighted by Crippen LogP contribution is -2.57. The summed E-state index contributed by atoms with van der Waals surface area (Å²) in [6.45, 7) is 6.75. The predicted molar refractivity (Wildman–Crippen MR) is 63.9 cm³/mol. The smallest absolute Gasteiger partial charge is 0.0522 e. The summed E-state index contributed by atoms with van der Waals surface area (Å²) < 4.78 is 0. The molecular formula is C13H20N2. The van der Waals surface area contributed by atoms with Crippen molar-refractivity contribution in [3.63, 3.8) is 0 Å². The zero-order valence-electron chi connectivity index (χ0n) is 9.83. The zero-order chi connectivity index (χ0) is 10.9. The molecule has 2 rings (SSSR count). The molecule has 0 amide bonds. The molecule has 82 valence electrons. The van der Waals surface area contributed by atoms with E-state index >= 15 is 0 Å². The molecule has 0 spiro atoms. The van der Waals surface area contributed by atoms with Gasteiger partial charge in [-0.3, -0.25) is 4.90 Å². The number of nitrogens with zero attached hydrogens (tertiary/aromatic N) is 1. The third-order valence-corrected chi connectivity index (χ3v) is 3.28. The lowest BCUT2D eigenvalue weighted by Gasteiger charge is -2.46. The van der Waals surface area contributed by atoms with Gasteiger partial charge >= 0.3 is 0 Å². The van der Waals surface area contributed by atoms with E-state index < -0.39 is 0 Å². The standard InChI is InChI=1S/C13H20N2/c1-13(2)12(15(3)10-9-14-13)11-7-5-4-6-8-11/h4-8,12,14H,9-10H2,1-3H3. The quantitative estimate of drug-likeness (QED) is 0.753. The van der Waals surface area contributed by atoms with Crippen LogP contribution < -0.4 is 5.32 Å². The number of likely N-dealkylation sites (N-methyl/N-ethyl adjacent to an activating group) is 1. The lowest BCUT2D eigenvalue weighted by atomic mass is 9.86. The molecular weight excluding hydrogens is 184 g/mol. The van der Waals surface area contributed by atoms with Crippen molar-refractivity contribution in [3.8, 4) is 0 Å². The predicted octanol–water partition coefficient (Wildman–Crippen LogP) is 2.04. The summed E-state index contributed by atoms with van der Waals surface area (Å²) in [5.41, 5.74) is 1.55. The Balaban J connectivity index is 2.32. The normalized spacial score (nSPS) is 26.5. The molecule has 2 heteroatoms. The van der Waals surface area contributed by atoms with Gasteiger partial charge in [-0.1, -0.05) is 30.3 Å². The molecule has 1 fully saturated rings. The molecule has 1 aliphatic rings. The van der Waals surface area contributed by atoms with Gasteiger partial charge < -0.3 is 5.32 Å². The van der Waals surface area contributed by atoms with Crippen LogP contribution in [0.4, 0.5) is 0 Å². The van der Waals surface area contributed by atoms with Crippen LogP contribution in [0, 0.1) is 0 Å². The van der Waals surface area contributed by atoms with Gasteiger partial charge in [-0.05, 0) is 26.5 Å². The van der Waals surface area contributed by atoms with Crippen molar-refractivity contribution in [2.24, 2.45) is 0 Å². The molecule has 0 aliphatic carbocycles. The van der Waals surface area contributed by atoms with Gasteiger partial charge in [-0.15, -0.1) is 0 Å². The summed E-state index contributed by atoms with van der Waals surface area (Å²) in [4.78, 5) is 2.44. The molecule has 0 saturated carbocycles. The highest BCUT2D eigenvalue weighted by Crippen LogP contribution is 2.32. The van der Waals surface area contributed by atoms with Crippen LogP contribution in [0.2, 0.25) is 0 Å². The van der Waals surface area contributed by atoms with Gasteiger partial charge in [0, 0.05) is 18.6 Å². The van der Waals surface area contributed by atoms with Gasteiger partial charge in [0.15, 0.2) is 0 Å². The number of nitrogens with one attached hydrogen (secondary N) is 1. The average Bonchev–Trinajstić information content (AvgIpc) is 2.17. The summed E-state index contributed by atoms with van der Waals surface area (Å²) in [6, 6.07) is 11.2. The molecule has 2 nitrogen and oxygen atoms in total. The fourth-order valence-corrected chi connectivity index (χ4v) is 2.64. The molecule has 0 aromatic heterocycles. The lowest BCUT2D eigenvalue weighted by molar-refractivity contribution is 0.0993. The Bertz CT molecular complexity index is 319. The van der Waals surface area contributed by atoms with Gasteiger partial charge in [0.25, 0.3) is 0 Å². The molecule has 1 aromatic carbocycles. The van der Waals surface area contributed by atoms with Crippen LogP contribution in [0.15, 0.2) is 30.3 Å². The topological polar surface area (TPSA) is 15.3 Å². The van der Waals surface area contributed by atoms with E-state index in [-0.39, 0.29) is 5.54 Å². The number of piperazine rings is 1. The third-order valence-electron chi connectivity index (χ3n) is 3.28. The van der Waals surface area contributed by atoms with E-state index in [1.807, 2.05) is 0 Å². The van der Waals surface area contributed by atoms with E-state index in [0.29, 0.717) is 6.04 Å². The Morgan fingerprint density at radius 2 is 1.93 bits per heavy atom.